The monoisotopic (exact) mass is 124 g/mol. The van der Waals surface area contributed by atoms with Crippen molar-refractivity contribution in [3.05, 3.63) is 0 Å². The summed E-state index contributed by atoms with van der Waals surface area (Å²) in [4.78, 5) is 0. The van der Waals surface area contributed by atoms with Crippen LogP contribution in [-0.4, -0.2) is 5.60 Å². The lowest BCUT2D eigenvalue weighted by atomic mass is 9.86. The Morgan fingerprint density at radius 3 is 2.11 bits per heavy atom. The molecular formula is C7H10NO. The summed E-state index contributed by atoms with van der Waals surface area (Å²) in [7, 11) is 0. The Labute approximate surface area is 55.1 Å². The third kappa shape index (κ3) is 1.43. The lowest BCUT2D eigenvalue weighted by molar-refractivity contribution is -0.00907. The molecule has 0 spiro atoms. The first-order valence-corrected chi connectivity index (χ1v) is 3.38. The molecule has 0 aromatic heterocycles. The molecule has 0 aromatic carbocycles. The van der Waals surface area contributed by atoms with E-state index in [9.17, 15) is 5.11 Å². The summed E-state index contributed by atoms with van der Waals surface area (Å²) in [5, 5.41) is 19.5. The molecule has 0 heterocycles. The second kappa shape index (κ2) is 2.36. The fraction of sp³-hybridized carbons (Fsp3) is 0.857. The van der Waals surface area contributed by atoms with Gasteiger partial charge in [0.15, 0.2) is 5.60 Å². The van der Waals surface area contributed by atoms with Crippen molar-refractivity contribution in [3.63, 3.8) is 0 Å². The van der Waals surface area contributed by atoms with Gasteiger partial charge in [0.25, 0.3) is 0 Å². The van der Waals surface area contributed by atoms with Gasteiger partial charge < -0.3 is 0 Å². The highest BCUT2D eigenvalue weighted by atomic mass is 16.3. The third-order valence-corrected chi connectivity index (χ3v) is 1.86. The minimum Gasteiger partial charge on any atom is -0.213 e. The van der Waals surface area contributed by atoms with Crippen molar-refractivity contribution in [3.8, 4) is 6.07 Å². The van der Waals surface area contributed by atoms with Crippen LogP contribution in [0.2, 0.25) is 0 Å². The predicted molar refractivity (Wildman–Crippen MR) is 32.1 cm³/mol. The minimum absolute atomic E-state index is 0.559. The van der Waals surface area contributed by atoms with Crippen molar-refractivity contribution in [1.29, 1.82) is 5.26 Å². The van der Waals surface area contributed by atoms with Crippen LogP contribution in [0.5, 0.6) is 0 Å². The van der Waals surface area contributed by atoms with Crippen LogP contribution >= 0.6 is 0 Å². The first-order chi connectivity index (χ1) is 4.27. The Morgan fingerprint density at radius 1 is 1.22 bits per heavy atom. The molecule has 1 fully saturated rings. The maximum Gasteiger partial charge on any atom is 0.189 e. The van der Waals surface area contributed by atoms with Gasteiger partial charge in [0.1, 0.15) is 6.07 Å². The number of nitriles is 1. The van der Waals surface area contributed by atoms with Crippen LogP contribution in [0.25, 0.3) is 0 Å². The SMILES string of the molecule is N#CC1([O])CCCCC1. The van der Waals surface area contributed by atoms with Crippen molar-refractivity contribution >= 4 is 0 Å². The zero-order valence-electron chi connectivity index (χ0n) is 5.39. The van der Waals surface area contributed by atoms with Gasteiger partial charge in [-0.1, -0.05) is 6.42 Å². The van der Waals surface area contributed by atoms with Gasteiger partial charge in [0, 0.05) is 0 Å². The van der Waals surface area contributed by atoms with E-state index in [1.165, 1.54) is 0 Å². The average Bonchev–Trinajstić information content (AvgIpc) is 1.90. The van der Waals surface area contributed by atoms with Gasteiger partial charge in [-0.15, -0.1) is 0 Å². The van der Waals surface area contributed by atoms with Crippen LogP contribution in [0.1, 0.15) is 32.1 Å². The first kappa shape index (κ1) is 6.57. The minimum atomic E-state index is -1.22. The van der Waals surface area contributed by atoms with Gasteiger partial charge in [-0.05, 0) is 25.7 Å². The zero-order valence-corrected chi connectivity index (χ0v) is 5.39. The highest BCUT2D eigenvalue weighted by molar-refractivity contribution is 5.00. The lowest BCUT2D eigenvalue weighted by Crippen LogP contribution is -2.27. The predicted octanol–water partition coefficient (Wildman–Crippen LogP) is 1.64. The summed E-state index contributed by atoms with van der Waals surface area (Å²) in [5.41, 5.74) is -1.22. The van der Waals surface area contributed by atoms with E-state index in [1.54, 1.807) is 0 Å². The van der Waals surface area contributed by atoms with Crippen molar-refractivity contribution < 1.29 is 5.11 Å². The Bertz CT molecular complexity index is 130. The van der Waals surface area contributed by atoms with Crippen molar-refractivity contribution in [2.24, 2.45) is 0 Å². The number of rotatable bonds is 0. The molecule has 49 valence electrons. The smallest absolute Gasteiger partial charge is 0.189 e. The normalized spacial score (nSPS) is 24.9. The molecule has 1 aliphatic carbocycles. The van der Waals surface area contributed by atoms with Crippen molar-refractivity contribution in [1.82, 2.24) is 0 Å². The topological polar surface area (TPSA) is 43.7 Å². The van der Waals surface area contributed by atoms with Gasteiger partial charge in [0.05, 0.1) is 0 Å². The molecule has 1 radical (unpaired) electrons. The van der Waals surface area contributed by atoms with E-state index in [4.69, 9.17) is 5.26 Å². The van der Waals surface area contributed by atoms with Crippen LogP contribution in [0.4, 0.5) is 0 Å². The number of hydrogen-bond donors (Lipinski definition) is 0. The fourth-order valence-electron chi connectivity index (χ4n) is 1.23. The Balaban J connectivity index is 2.49. The van der Waals surface area contributed by atoms with Gasteiger partial charge in [-0.2, -0.15) is 5.26 Å². The van der Waals surface area contributed by atoms with Crippen LogP contribution < -0.4 is 0 Å². The number of hydrogen-bond acceptors (Lipinski definition) is 1. The standard InChI is InChI=1S/C7H10NO/c8-6-7(9)4-2-1-3-5-7/h1-5H2. The third-order valence-electron chi connectivity index (χ3n) is 1.86. The van der Waals surface area contributed by atoms with Crippen LogP contribution in [0.3, 0.4) is 0 Å². The molecule has 2 nitrogen and oxygen atoms in total. The number of nitrogens with zero attached hydrogens (tertiary/aromatic N) is 1. The van der Waals surface area contributed by atoms with Crippen LogP contribution in [0, 0.1) is 11.3 Å². The molecule has 0 N–H and O–H groups in total. The molecule has 1 saturated carbocycles. The highest BCUT2D eigenvalue weighted by Crippen LogP contribution is 2.27. The van der Waals surface area contributed by atoms with Gasteiger partial charge >= 0.3 is 0 Å². The van der Waals surface area contributed by atoms with Gasteiger partial charge in [-0.3, -0.25) is 0 Å². The van der Waals surface area contributed by atoms with Crippen molar-refractivity contribution in [2.45, 2.75) is 37.7 Å². The van der Waals surface area contributed by atoms with E-state index in [1.807, 2.05) is 6.07 Å². The summed E-state index contributed by atoms with van der Waals surface area (Å²) in [6.07, 6.45) is 4.13. The summed E-state index contributed by atoms with van der Waals surface area (Å²) >= 11 is 0. The molecule has 0 saturated heterocycles. The van der Waals surface area contributed by atoms with E-state index in [-0.39, 0.29) is 0 Å². The quantitative estimate of drug-likeness (QED) is 0.484. The second-order valence-electron chi connectivity index (χ2n) is 2.67. The summed E-state index contributed by atoms with van der Waals surface area (Å²) in [5.74, 6) is 0. The average molecular weight is 124 g/mol. The first-order valence-electron chi connectivity index (χ1n) is 3.38. The molecule has 0 unspecified atom stereocenters. The summed E-state index contributed by atoms with van der Waals surface area (Å²) in [6, 6.07) is 1.82. The van der Waals surface area contributed by atoms with E-state index >= 15 is 0 Å². The molecule has 0 atom stereocenters. The molecule has 1 aliphatic rings. The fourth-order valence-corrected chi connectivity index (χ4v) is 1.23. The molecule has 9 heavy (non-hydrogen) atoms. The zero-order chi connectivity index (χ0) is 6.74. The van der Waals surface area contributed by atoms with E-state index < -0.39 is 5.60 Å². The molecule has 1 rings (SSSR count). The Hall–Kier alpha value is -0.550. The molecule has 0 aromatic rings. The second-order valence-corrected chi connectivity index (χ2v) is 2.67. The summed E-state index contributed by atoms with van der Waals surface area (Å²) < 4.78 is 0. The Kier molecular flexibility index (Phi) is 1.73. The molecule has 2 heteroatoms. The maximum atomic E-state index is 11.1. The Morgan fingerprint density at radius 2 is 1.78 bits per heavy atom. The van der Waals surface area contributed by atoms with Gasteiger partial charge in [0.2, 0.25) is 0 Å². The molecular weight excluding hydrogens is 114 g/mol. The van der Waals surface area contributed by atoms with Gasteiger partial charge in [-0.25, -0.2) is 5.11 Å². The van der Waals surface area contributed by atoms with E-state index in [2.05, 4.69) is 0 Å². The van der Waals surface area contributed by atoms with Crippen molar-refractivity contribution in [2.75, 3.05) is 0 Å². The van der Waals surface area contributed by atoms with E-state index in [0.717, 1.165) is 19.3 Å². The molecule has 0 bridgehead atoms. The van der Waals surface area contributed by atoms with E-state index in [0.29, 0.717) is 12.8 Å². The maximum absolute atomic E-state index is 11.1. The van der Waals surface area contributed by atoms with Crippen LogP contribution in [0.15, 0.2) is 0 Å². The molecule has 0 amide bonds. The van der Waals surface area contributed by atoms with Crippen LogP contribution in [-0.2, 0) is 5.11 Å². The lowest BCUT2D eigenvalue weighted by Gasteiger charge is -2.21. The summed E-state index contributed by atoms with van der Waals surface area (Å²) in [6.45, 7) is 0. The molecule has 0 aliphatic heterocycles. The highest BCUT2D eigenvalue weighted by Gasteiger charge is 2.30. The largest absolute Gasteiger partial charge is 0.213 e.